The zero-order chi connectivity index (χ0) is 18.1. The molecular formula is C22H15N3. The molecule has 0 radical (unpaired) electrons. The average Bonchev–Trinajstić information content (AvgIpc) is 2.64. The lowest BCUT2D eigenvalue weighted by atomic mass is 10.1. The predicted octanol–water partition coefficient (Wildman–Crippen LogP) is 3.59. The van der Waals surface area contributed by atoms with Gasteiger partial charge in [-0.05, 0) is 59.9 Å². The van der Waals surface area contributed by atoms with E-state index in [1.807, 2.05) is 79.7 Å². The molecule has 0 aliphatic rings. The molecule has 2 aromatic carbocycles. The quantitative estimate of drug-likeness (QED) is 0.627. The van der Waals surface area contributed by atoms with E-state index in [0.29, 0.717) is 0 Å². The van der Waals surface area contributed by atoms with Gasteiger partial charge in [-0.3, -0.25) is 0 Å². The Balaban J connectivity index is 2.06. The van der Waals surface area contributed by atoms with Gasteiger partial charge in [0.1, 0.15) is 17.7 Å². The predicted molar refractivity (Wildman–Crippen MR) is 100 cm³/mol. The third-order valence-corrected chi connectivity index (χ3v) is 3.32. The van der Waals surface area contributed by atoms with Crippen molar-refractivity contribution in [3.63, 3.8) is 0 Å². The highest BCUT2D eigenvalue weighted by molar-refractivity contribution is 5.62. The van der Waals surface area contributed by atoms with Crippen molar-refractivity contribution in [2.24, 2.45) is 0 Å². The first kappa shape index (κ1) is 17.4. The molecule has 0 aliphatic carbocycles. The number of hydrogen-bond acceptors (Lipinski definition) is 3. The fraction of sp³-hybridized carbons (Fsp3) is 0.0909. The molecule has 2 aromatic rings. The van der Waals surface area contributed by atoms with Crippen LogP contribution in [0.1, 0.15) is 16.7 Å². The van der Waals surface area contributed by atoms with Gasteiger partial charge in [0.2, 0.25) is 0 Å². The number of hydrogen-bond donors (Lipinski definition) is 0. The zero-order valence-electron chi connectivity index (χ0n) is 14.0. The lowest BCUT2D eigenvalue weighted by Crippen LogP contribution is -2.07. The Bertz CT molecular complexity index is 957. The van der Waals surface area contributed by atoms with Crippen LogP contribution in [0.15, 0.2) is 54.1 Å². The maximum absolute atomic E-state index is 8.74. The Kier molecular flexibility index (Phi) is 6.03. The number of anilines is 1. The van der Waals surface area contributed by atoms with E-state index in [1.54, 1.807) is 0 Å². The number of benzene rings is 2. The fourth-order valence-electron chi connectivity index (χ4n) is 1.97. The van der Waals surface area contributed by atoms with E-state index < -0.39 is 0 Å². The number of allylic oxidation sites excluding steroid dienone is 1. The molecule has 0 spiro atoms. The highest BCUT2D eigenvalue weighted by atomic mass is 15.1. The summed E-state index contributed by atoms with van der Waals surface area (Å²) < 4.78 is 0. The summed E-state index contributed by atoms with van der Waals surface area (Å²) in [4.78, 5) is 2.03. The van der Waals surface area contributed by atoms with Crippen molar-refractivity contribution >= 4 is 11.8 Å². The van der Waals surface area contributed by atoms with Crippen molar-refractivity contribution in [1.29, 1.82) is 10.5 Å². The maximum atomic E-state index is 8.74. The van der Waals surface area contributed by atoms with E-state index in [1.165, 1.54) is 6.08 Å². The summed E-state index contributed by atoms with van der Waals surface area (Å²) in [7, 11) is 3.99. The van der Waals surface area contributed by atoms with Crippen LogP contribution in [-0.2, 0) is 0 Å². The van der Waals surface area contributed by atoms with Crippen LogP contribution in [-0.4, -0.2) is 14.1 Å². The van der Waals surface area contributed by atoms with Gasteiger partial charge in [-0.15, -0.1) is 0 Å². The molecule has 0 atom stereocenters. The summed E-state index contributed by atoms with van der Waals surface area (Å²) in [6.45, 7) is 0. The Morgan fingerprint density at radius 3 is 1.72 bits per heavy atom. The van der Waals surface area contributed by atoms with Gasteiger partial charge in [0.15, 0.2) is 0 Å². The summed E-state index contributed by atoms with van der Waals surface area (Å²) in [6, 6.07) is 18.9. The van der Waals surface area contributed by atoms with Gasteiger partial charge in [-0.1, -0.05) is 24.0 Å². The van der Waals surface area contributed by atoms with Crippen molar-refractivity contribution in [2.45, 2.75) is 0 Å². The molecule has 0 unspecified atom stereocenters. The Morgan fingerprint density at radius 2 is 1.28 bits per heavy atom. The van der Waals surface area contributed by atoms with Crippen molar-refractivity contribution in [3.05, 3.63) is 70.8 Å². The molecule has 25 heavy (non-hydrogen) atoms. The number of nitrogens with zero attached hydrogens (tertiary/aromatic N) is 3. The number of rotatable bonds is 2. The smallest absolute Gasteiger partial charge is 0.130 e. The van der Waals surface area contributed by atoms with Crippen LogP contribution in [0.25, 0.3) is 6.08 Å². The normalized spacial score (nSPS) is 8.48. The highest BCUT2D eigenvalue weighted by Gasteiger charge is 1.94. The van der Waals surface area contributed by atoms with Crippen LogP contribution in [0.4, 0.5) is 5.69 Å². The van der Waals surface area contributed by atoms with Gasteiger partial charge < -0.3 is 4.90 Å². The van der Waals surface area contributed by atoms with Crippen LogP contribution < -0.4 is 4.90 Å². The van der Waals surface area contributed by atoms with E-state index in [0.717, 1.165) is 22.4 Å². The molecule has 0 saturated carbocycles. The average molecular weight is 321 g/mol. The molecule has 0 aliphatic heterocycles. The first-order valence-electron chi connectivity index (χ1n) is 7.54. The van der Waals surface area contributed by atoms with Crippen LogP contribution in [0, 0.1) is 46.3 Å². The summed E-state index contributed by atoms with van der Waals surface area (Å²) >= 11 is 0. The van der Waals surface area contributed by atoms with Crippen molar-refractivity contribution in [1.82, 2.24) is 0 Å². The van der Waals surface area contributed by atoms with Gasteiger partial charge in [0.05, 0.1) is 0 Å². The van der Waals surface area contributed by atoms with Crippen LogP contribution in [0.2, 0.25) is 0 Å². The van der Waals surface area contributed by atoms with Gasteiger partial charge in [-0.25, -0.2) is 0 Å². The second kappa shape index (κ2) is 8.64. The Morgan fingerprint density at radius 1 is 0.800 bits per heavy atom. The molecule has 3 nitrogen and oxygen atoms in total. The monoisotopic (exact) mass is 321 g/mol. The highest BCUT2D eigenvalue weighted by Crippen LogP contribution is 2.11. The number of nitriles is 2. The second-order valence-corrected chi connectivity index (χ2v) is 5.34. The minimum atomic E-state index is 0.0741. The zero-order valence-corrected chi connectivity index (χ0v) is 14.0. The fourth-order valence-corrected chi connectivity index (χ4v) is 1.97. The van der Waals surface area contributed by atoms with E-state index in [4.69, 9.17) is 10.5 Å². The molecule has 118 valence electrons. The molecule has 0 amide bonds. The first-order valence-corrected chi connectivity index (χ1v) is 7.54. The SMILES string of the molecule is CN(C)c1ccc(C#CC#Cc2ccc(C=C(C#N)C#N)cc2)cc1. The van der Waals surface area contributed by atoms with E-state index in [2.05, 4.69) is 23.7 Å². The Hall–Kier alpha value is -3.92. The second-order valence-electron chi connectivity index (χ2n) is 5.34. The van der Waals surface area contributed by atoms with Gasteiger partial charge in [0, 0.05) is 30.9 Å². The third-order valence-electron chi connectivity index (χ3n) is 3.32. The largest absolute Gasteiger partial charge is 0.378 e. The molecule has 0 bridgehead atoms. The van der Waals surface area contributed by atoms with Crippen LogP contribution in [0.5, 0.6) is 0 Å². The molecule has 0 heterocycles. The van der Waals surface area contributed by atoms with Gasteiger partial charge >= 0.3 is 0 Å². The van der Waals surface area contributed by atoms with Crippen molar-refractivity contribution < 1.29 is 0 Å². The molecular weight excluding hydrogens is 306 g/mol. The first-order chi connectivity index (χ1) is 12.1. The topological polar surface area (TPSA) is 50.8 Å². The standard InChI is InChI=1S/C22H15N3/c1-25(2)22-13-11-19(12-14-22)6-4-3-5-18-7-9-20(10-8-18)15-21(16-23)17-24/h7-15H,1-2H3. The van der Waals surface area contributed by atoms with Crippen molar-refractivity contribution in [2.75, 3.05) is 19.0 Å². The summed E-state index contributed by atoms with van der Waals surface area (Å²) in [5, 5.41) is 17.5. The van der Waals surface area contributed by atoms with E-state index in [9.17, 15) is 0 Å². The molecule has 3 heteroatoms. The van der Waals surface area contributed by atoms with Gasteiger partial charge in [-0.2, -0.15) is 10.5 Å². The molecule has 0 fully saturated rings. The molecule has 0 saturated heterocycles. The van der Waals surface area contributed by atoms with Crippen LogP contribution >= 0.6 is 0 Å². The third kappa shape index (κ3) is 5.33. The Labute approximate surface area is 148 Å². The minimum absolute atomic E-state index is 0.0741. The minimum Gasteiger partial charge on any atom is -0.378 e. The summed E-state index contributed by atoms with van der Waals surface area (Å²) in [6.07, 6.45) is 1.54. The summed E-state index contributed by atoms with van der Waals surface area (Å²) in [5.41, 5.74) is 3.73. The van der Waals surface area contributed by atoms with Gasteiger partial charge in [0.25, 0.3) is 0 Å². The van der Waals surface area contributed by atoms with Crippen molar-refractivity contribution in [3.8, 4) is 35.8 Å². The molecule has 2 rings (SSSR count). The van der Waals surface area contributed by atoms with E-state index in [-0.39, 0.29) is 5.57 Å². The molecule has 0 N–H and O–H groups in total. The molecule has 0 aromatic heterocycles. The lowest BCUT2D eigenvalue weighted by Gasteiger charge is -2.11. The van der Waals surface area contributed by atoms with E-state index >= 15 is 0 Å². The van der Waals surface area contributed by atoms with Crippen LogP contribution in [0.3, 0.4) is 0 Å². The maximum Gasteiger partial charge on any atom is 0.130 e. The summed E-state index contributed by atoms with van der Waals surface area (Å²) in [5.74, 6) is 11.7. The lowest BCUT2D eigenvalue weighted by molar-refractivity contribution is 1.13.